The molecule has 0 aliphatic carbocycles. The van der Waals surface area contributed by atoms with Crippen LogP contribution in [0.3, 0.4) is 0 Å². The fraction of sp³-hybridized carbons (Fsp3) is 0.263. The number of fused-ring (bicyclic) bond motifs is 2. The molecular weight excluding hydrogens is 272 g/mol. The maximum atomic E-state index is 10.3. The Morgan fingerprint density at radius 2 is 1.50 bits per heavy atom. The molecule has 0 saturated carbocycles. The Hall–Kier alpha value is -2.26. The van der Waals surface area contributed by atoms with Crippen LogP contribution in [0.25, 0.3) is 21.5 Å². The first kappa shape index (κ1) is 14.7. The highest BCUT2D eigenvalue weighted by Crippen LogP contribution is 2.35. The van der Waals surface area contributed by atoms with Gasteiger partial charge in [0.05, 0.1) is 0 Å². The highest BCUT2D eigenvalue weighted by molar-refractivity contribution is 6.09. The Labute approximate surface area is 130 Å². The summed E-state index contributed by atoms with van der Waals surface area (Å²) < 4.78 is 0. The first-order chi connectivity index (χ1) is 10.6. The Morgan fingerprint density at radius 1 is 0.955 bits per heavy atom. The monoisotopic (exact) mass is 292 g/mol. The van der Waals surface area contributed by atoms with Gasteiger partial charge in [-0.15, -0.1) is 0 Å². The van der Waals surface area contributed by atoms with Crippen molar-refractivity contribution in [3.63, 3.8) is 0 Å². The van der Waals surface area contributed by atoms with Crippen LogP contribution in [0.4, 0.5) is 5.69 Å². The largest absolute Gasteiger partial charge is 0.368 e. The van der Waals surface area contributed by atoms with E-state index in [0.717, 1.165) is 33.7 Å². The molecule has 0 fully saturated rings. The van der Waals surface area contributed by atoms with E-state index in [1.165, 1.54) is 0 Å². The molecule has 0 amide bonds. The minimum Gasteiger partial charge on any atom is -0.368 e. The van der Waals surface area contributed by atoms with E-state index in [-0.39, 0.29) is 0 Å². The van der Waals surface area contributed by atoms with Crippen molar-refractivity contribution in [2.75, 3.05) is 0 Å². The molecule has 0 aromatic heterocycles. The van der Waals surface area contributed by atoms with Gasteiger partial charge in [0.15, 0.2) is 5.72 Å². The molecule has 3 nitrogen and oxygen atoms in total. The molecule has 22 heavy (non-hydrogen) atoms. The third kappa shape index (κ3) is 2.85. The van der Waals surface area contributed by atoms with Crippen LogP contribution in [0.1, 0.15) is 26.7 Å². The van der Waals surface area contributed by atoms with Gasteiger partial charge in [0, 0.05) is 10.8 Å². The first-order valence-electron chi connectivity index (χ1n) is 7.66. The molecule has 0 aliphatic heterocycles. The third-order valence-electron chi connectivity index (χ3n) is 3.83. The van der Waals surface area contributed by atoms with Gasteiger partial charge < -0.3 is 5.11 Å². The average molecular weight is 292 g/mol. The number of benzene rings is 3. The van der Waals surface area contributed by atoms with Crippen molar-refractivity contribution >= 4 is 27.2 Å². The van der Waals surface area contributed by atoms with Crippen molar-refractivity contribution in [2.45, 2.75) is 32.4 Å². The molecule has 1 unspecified atom stereocenters. The zero-order valence-corrected chi connectivity index (χ0v) is 13.0. The van der Waals surface area contributed by atoms with Gasteiger partial charge in [0.2, 0.25) is 0 Å². The predicted molar refractivity (Wildman–Crippen MR) is 91.5 cm³/mol. The van der Waals surface area contributed by atoms with Gasteiger partial charge in [-0.2, -0.15) is 10.2 Å². The lowest BCUT2D eigenvalue weighted by atomic mass is 10.0. The van der Waals surface area contributed by atoms with Crippen molar-refractivity contribution in [3.8, 4) is 0 Å². The first-order valence-corrected chi connectivity index (χ1v) is 7.66. The molecule has 3 rings (SSSR count). The molecular formula is C19H20N2O. The third-order valence-corrected chi connectivity index (χ3v) is 3.83. The van der Waals surface area contributed by atoms with E-state index in [1.807, 2.05) is 43.3 Å². The summed E-state index contributed by atoms with van der Waals surface area (Å²) in [6.07, 6.45) is 1.46. The van der Waals surface area contributed by atoms with E-state index in [4.69, 9.17) is 0 Å². The van der Waals surface area contributed by atoms with Crippen molar-refractivity contribution in [3.05, 3.63) is 54.6 Å². The molecule has 0 bridgehead atoms. The molecule has 0 spiro atoms. The van der Waals surface area contributed by atoms with E-state index in [1.54, 1.807) is 6.92 Å². The van der Waals surface area contributed by atoms with E-state index in [2.05, 4.69) is 28.4 Å². The zero-order chi connectivity index (χ0) is 15.6. The Kier molecular flexibility index (Phi) is 3.90. The summed E-state index contributed by atoms with van der Waals surface area (Å²) in [7, 11) is 0. The molecule has 1 atom stereocenters. The van der Waals surface area contributed by atoms with E-state index < -0.39 is 5.72 Å². The van der Waals surface area contributed by atoms with Crippen molar-refractivity contribution in [1.29, 1.82) is 0 Å². The lowest BCUT2D eigenvalue weighted by Gasteiger charge is -2.15. The normalized spacial score (nSPS) is 14.7. The summed E-state index contributed by atoms with van der Waals surface area (Å²) in [5.41, 5.74) is -0.294. The second kappa shape index (κ2) is 5.85. The summed E-state index contributed by atoms with van der Waals surface area (Å²) in [5.74, 6) is 0. The average Bonchev–Trinajstić information content (AvgIpc) is 2.51. The number of rotatable bonds is 4. The van der Waals surface area contributed by atoms with Gasteiger partial charge >= 0.3 is 0 Å². The smallest absolute Gasteiger partial charge is 0.173 e. The Balaban J connectivity index is 2.22. The standard InChI is InChI=1S/C19H20N2O/c1-3-12-19(2,22)21-20-18-16-10-6-4-8-14(16)13-15-9-5-7-11-17(15)18/h4-11,13,22H,3,12H2,1-2H3. The molecule has 0 heterocycles. The van der Waals surface area contributed by atoms with Gasteiger partial charge in [-0.05, 0) is 30.2 Å². The van der Waals surface area contributed by atoms with Crippen LogP contribution in [0.5, 0.6) is 0 Å². The van der Waals surface area contributed by atoms with Crippen LogP contribution >= 0.6 is 0 Å². The molecule has 0 radical (unpaired) electrons. The summed E-state index contributed by atoms with van der Waals surface area (Å²) in [5, 5.41) is 23.3. The van der Waals surface area contributed by atoms with Crippen molar-refractivity contribution in [1.82, 2.24) is 0 Å². The van der Waals surface area contributed by atoms with Crippen LogP contribution in [-0.2, 0) is 0 Å². The van der Waals surface area contributed by atoms with E-state index in [0.29, 0.717) is 6.42 Å². The minimum absolute atomic E-state index is 0.596. The lowest BCUT2D eigenvalue weighted by molar-refractivity contribution is 0.0527. The van der Waals surface area contributed by atoms with E-state index in [9.17, 15) is 5.11 Å². The lowest BCUT2D eigenvalue weighted by Crippen LogP contribution is -2.19. The molecule has 3 heteroatoms. The number of hydrogen-bond acceptors (Lipinski definition) is 3. The van der Waals surface area contributed by atoms with Gasteiger partial charge in [-0.3, -0.25) is 0 Å². The van der Waals surface area contributed by atoms with Gasteiger partial charge in [-0.1, -0.05) is 61.9 Å². The molecule has 112 valence electrons. The van der Waals surface area contributed by atoms with Crippen molar-refractivity contribution < 1.29 is 5.11 Å². The minimum atomic E-state index is -1.12. The second-order valence-electron chi connectivity index (χ2n) is 5.83. The number of aliphatic hydroxyl groups is 1. The van der Waals surface area contributed by atoms with Crippen LogP contribution in [0, 0.1) is 0 Å². The maximum absolute atomic E-state index is 10.3. The number of azo groups is 1. The Morgan fingerprint density at radius 3 is 2.05 bits per heavy atom. The topological polar surface area (TPSA) is 45.0 Å². The van der Waals surface area contributed by atoms with Crippen LogP contribution in [0.2, 0.25) is 0 Å². The van der Waals surface area contributed by atoms with Crippen LogP contribution in [-0.4, -0.2) is 10.8 Å². The molecule has 3 aromatic carbocycles. The van der Waals surface area contributed by atoms with Gasteiger partial charge in [0.1, 0.15) is 5.69 Å². The van der Waals surface area contributed by atoms with Gasteiger partial charge in [-0.25, -0.2) is 0 Å². The molecule has 0 saturated heterocycles. The summed E-state index contributed by atoms with van der Waals surface area (Å²) in [6, 6.07) is 18.4. The van der Waals surface area contributed by atoms with Crippen LogP contribution < -0.4 is 0 Å². The van der Waals surface area contributed by atoms with Gasteiger partial charge in [0.25, 0.3) is 0 Å². The summed E-state index contributed by atoms with van der Waals surface area (Å²) in [6.45, 7) is 3.73. The fourth-order valence-electron chi connectivity index (χ4n) is 2.78. The highest BCUT2D eigenvalue weighted by Gasteiger charge is 2.18. The number of hydrogen-bond donors (Lipinski definition) is 1. The summed E-state index contributed by atoms with van der Waals surface area (Å²) in [4.78, 5) is 0. The SMILES string of the molecule is CCCC(C)(O)N=Nc1c2ccccc2cc2ccccc12. The zero-order valence-electron chi connectivity index (χ0n) is 13.0. The fourth-order valence-corrected chi connectivity index (χ4v) is 2.78. The van der Waals surface area contributed by atoms with Crippen molar-refractivity contribution in [2.24, 2.45) is 10.2 Å². The van der Waals surface area contributed by atoms with E-state index >= 15 is 0 Å². The summed E-state index contributed by atoms with van der Waals surface area (Å²) >= 11 is 0. The quantitative estimate of drug-likeness (QED) is 0.494. The van der Waals surface area contributed by atoms with Crippen LogP contribution in [0.15, 0.2) is 64.8 Å². The number of nitrogens with zero attached hydrogens (tertiary/aromatic N) is 2. The second-order valence-corrected chi connectivity index (χ2v) is 5.83. The Bertz CT molecular complexity index is 783. The molecule has 1 N–H and O–H groups in total. The maximum Gasteiger partial charge on any atom is 0.173 e. The predicted octanol–water partition coefficient (Wildman–Crippen LogP) is 5.59. The molecule has 3 aromatic rings. The highest BCUT2D eigenvalue weighted by atomic mass is 16.3. The molecule has 0 aliphatic rings.